The van der Waals surface area contributed by atoms with Gasteiger partial charge in [0.2, 0.25) is 0 Å². The molecule has 2 aromatic carbocycles. The molecule has 2 rings (SSSR count). The second kappa shape index (κ2) is 6.49. The van der Waals surface area contributed by atoms with Crippen molar-refractivity contribution in [3.05, 3.63) is 62.6 Å². The summed E-state index contributed by atoms with van der Waals surface area (Å²) in [4.78, 5) is 0. The molecule has 0 unspecified atom stereocenters. The lowest BCUT2D eigenvalue weighted by atomic mass is 10.1. The van der Waals surface area contributed by atoms with Crippen LogP contribution in [0.1, 0.15) is 11.1 Å². The standard InChI is InChI=1S/C14H12Cl3NO/c15-11-2-1-3-12(16)14(11)19-8-10-5-4-9(7-18)6-13(10)17/h1-6H,7-8,18H2. The van der Waals surface area contributed by atoms with Crippen LogP contribution in [0, 0.1) is 0 Å². The van der Waals surface area contributed by atoms with Crippen molar-refractivity contribution in [1.82, 2.24) is 0 Å². The highest BCUT2D eigenvalue weighted by Crippen LogP contribution is 2.33. The summed E-state index contributed by atoms with van der Waals surface area (Å²) in [6, 6.07) is 10.8. The zero-order valence-electron chi connectivity index (χ0n) is 10.00. The van der Waals surface area contributed by atoms with Gasteiger partial charge in [-0.15, -0.1) is 0 Å². The Labute approximate surface area is 127 Å². The molecule has 0 aromatic heterocycles. The second-order valence-corrected chi connectivity index (χ2v) is 5.19. The first-order chi connectivity index (χ1) is 9.11. The number of nitrogens with two attached hydrogens (primary N) is 1. The van der Waals surface area contributed by atoms with Gasteiger partial charge in [-0.05, 0) is 23.8 Å². The summed E-state index contributed by atoms with van der Waals surface area (Å²) in [7, 11) is 0. The molecule has 100 valence electrons. The lowest BCUT2D eigenvalue weighted by molar-refractivity contribution is 0.306. The summed E-state index contributed by atoms with van der Waals surface area (Å²) in [5.41, 5.74) is 7.38. The Morgan fingerprint density at radius 3 is 2.21 bits per heavy atom. The molecule has 0 aliphatic heterocycles. The summed E-state index contributed by atoms with van der Waals surface area (Å²) in [5, 5.41) is 1.57. The first-order valence-electron chi connectivity index (χ1n) is 5.66. The highest BCUT2D eigenvalue weighted by molar-refractivity contribution is 6.37. The van der Waals surface area contributed by atoms with Crippen molar-refractivity contribution in [1.29, 1.82) is 0 Å². The summed E-state index contributed by atoms with van der Waals surface area (Å²) < 4.78 is 5.63. The van der Waals surface area contributed by atoms with Gasteiger partial charge in [0, 0.05) is 17.1 Å². The first kappa shape index (κ1) is 14.5. The van der Waals surface area contributed by atoms with Crippen molar-refractivity contribution in [3.63, 3.8) is 0 Å². The molecule has 0 spiro atoms. The minimum Gasteiger partial charge on any atom is -0.486 e. The van der Waals surface area contributed by atoms with E-state index in [0.29, 0.717) is 34.0 Å². The van der Waals surface area contributed by atoms with E-state index in [0.717, 1.165) is 11.1 Å². The third-order valence-electron chi connectivity index (χ3n) is 2.64. The van der Waals surface area contributed by atoms with Gasteiger partial charge >= 0.3 is 0 Å². The van der Waals surface area contributed by atoms with Crippen molar-refractivity contribution in [2.75, 3.05) is 0 Å². The number of rotatable bonds is 4. The zero-order valence-corrected chi connectivity index (χ0v) is 12.3. The maximum Gasteiger partial charge on any atom is 0.156 e. The molecule has 0 aliphatic rings. The average Bonchev–Trinajstić information content (AvgIpc) is 2.39. The Bertz CT molecular complexity index is 567. The molecule has 0 heterocycles. The van der Waals surface area contributed by atoms with Gasteiger partial charge in [0.25, 0.3) is 0 Å². The van der Waals surface area contributed by atoms with Crippen LogP contribution in [0.3, 0.4) is 0 Å². The van der Waals surface area contributed by atoms with Crippen LogP contribution in [0.2, 0.25) is 15.1 Å². The minimum absolute atomic E-state index is 0.299. The number of hydrogen-bond acceptors (Lipinski definition) is 2. The fourth-order valence-electron chi connectivity index (χ4n) is 1.61. The van der Waals surface area contributed by atoms with E-state index >= 15 is 0 Å². The van der Waals surface area contributed by atoms with Gasteiger partial charge in [-0.25, -0.2) is 0 Å². The Morgan fingerprint density at radius 1 is 0.947 bits per heavy atom. The molecule has 5 heteroatoms. The van der Waals surface area contributed by atoms with E-state index in [4.69, 9.17) is 45.3 Å². The van der Waals surface area contributed by atoms with Crippen LogP contribution in [-0.4, -0.2) is 0 Å². The number of benzene rings is 2. The quantitative estimate of drug-likeness (QED) is 0.888. The van der Waals surface area contributed by atoms with Gasteiger partial charge in [-0.3, -0.25) is 0 Å². The Morgan fingerprint density at radius 2 is 1.63 bits per heavy atom. The van der Waals surface area contributed by atoms with Crippen LogP contribution in [0.25, 0.3) is 0 Å². The molecule has 2 aromatic rings. The average molecular weight is 317 g/mol. The van der Waals surface area contributed by atoms with Gasteiger partial charge in [-0.1, -0.05) is 53.0 Å². The molecule has 0 fully saturated rings. The summed E-state index contributed by atoms with van der Waals surface area (Å²) in [6.45, 7) is 0.754. The predicted octanol–water partition coefficient (Wildman–Crippen LogP) is 4.68. The monoisotopic (exact) mass is 315 g/mol. The highest BCUT2D eigenvalue weighted by atomic mass is 35.5. The van der Waals surface area contributed by atoms with Gasteiger partial charge in [-0.2, -0.15) is 0 Å². The van der Waals surface area contributed by atoms with E-state index in [1.807, 2.05) is 18.2 Å². The second-order valence-electron chi connectivity index (χ2n) is 3.97. The number of halogens is 3. The third-order valence-corrected chi connectivity index (χ3v) is 3.59. The van der Waals surface area contributed by atoms with Crippen molar-refractivity contribution in [3.8, 4) is 5.75 Å². The fraction of sp³-hybridized carbons (Fsp3) is 0.143. The van der Waals surface area contributed by atoms with Crippen LogP contribution < -0.4 is 10.5 Å². The molecule has 19 heavy (non-hydrogen) atoms. The zero-order chi connectivity index (χ0) is 13.8. The molecule has 2 nitrogen and oxygen atoms in total. The van der Waals surface area contributed by atoms with Crippen LogP contribution in [0.5, 0.6) is 5.75 Å². The minimum atomic E-state index is 0.299. The SMILES string of the molecule is NCc1ccc(COc2c(Cl)cccc2Cl)c(Cl)c1. The van der Waals surface area contributed by atoms with Gasteiger partial charge in [0.1, 0.15) is 6.61 Å². The molecule has 0 bridgehead atoms. The van der Waals surface area contributed by atoms with Crippen LogP contribution in [0.15, 0.2) is 36.4 Å². The molecular weight excluding hydrogens is 305 g/mol. The van der Waals surface area contributed by atoms with E-state index in [9.17, 15) is 0 Å². The lowest BCUT2D eigenvalue weighted by Gasteiger charge is -2.11. The van der Waals surface area contributed by atoms with Crippen molar-refractivity contribution < 1.29 is 4.74 Å². The largest absolute Gasteiger partial charge is 0.486 e. The van der Waals surface area contributed by atoms with Crippen molar-refractivity contribution in [2.45, 2.75) is 13.2 Å². The predicted molar refractivity (Wildman–Crippen MR) is 80.1 cm³/mol. The molecule has 0 saturated heterocycles. The molecule has 0 amide bonds. The van der Waals surface area contributed by atoms with E-state index in [2.05, 4.69) is 0 Å². The van der Waals surface area contributed by atoms with E-state index < -0.39 is 0 Å². The van der Waals surface area contributed by atoms with E-state index in [1.54, 1.807) is 18.2 Å². The molecule has 0 aliphatic carbocycles. The summed E-state index contributed by atoms with van der Waals surface area (Å²) in [6.07, 6.45) is 0. The first-order valence-corrected chi connectivity index (χ1v) is 6.79. The van der Waals surface area contributed by atoms with E-state index in [1.165, 1.54) is 0 Å². The van der Waals surface area contributed by atoms with E-state index in [-0.39, 0.29) is 0 Å². The summed E-state index contributed by atoms with van der Waals surface area (Å²) in [5.74, 6) is 0.463. The smallest absolute Gasteiger partial charge is 0.156 e. The molecular formula is C14H12Cl3NO. The number of hydrogen-bond donors (Lipinski definition) is 1. The highest BCUT2D eigenvalue weighted by Gasteiger charge is 2.08. The number of para-hydroxylation sites is 1. The molecule has 2 N–H and O–H groups in total. The van der Waals surface area contributed by atoms with Crippen LogP contribution in [0.4, 0.5) is 0 Å². The fourth-order valence-corrected chi connectivity index (χ4v) is 2.37. The Kier molecular flexibility index (Phi) is 4.94. The topological polar surface area (TPSA) is 35.2 Å². The maximum atomic E-state index is 6.15. The molecule has 0 atom stereocenters. The van der Waals surface area contributed by atoms with Crippen LogP contribution >= 0.6 is 34.8 Å². The van der Waals surface area contributed by atoms with Gasteiger partial charge < -0.3 is 10.5 Å². The maximum absolute atomic E-state index is 6.15. The summed E-state index contributed by atoms with van der Waals surface area (Å²) >= 11 is 18.2. The lowest BCUT2D eigenvalue weighted by Crippen LogP contribution is -2.00. The third kappa shape index (κ3) is 3.54. The Balaban J connectivity index is 2.15. The molecule has 0 saturated carbocycles. The van der Waals surface area contributed by atoms with Crippen molar-refractivity contribution in [2.24, 2.45) is 5.73 Å². The van der Waals surface area contributed by atoms with Gasteiger partial charge in [0.15, 0.2) is 5.75 Å². The van der Waals surface area contributed by atoms with Crippen LogP contribution in [-0.2, 0) is 13.2 Å². The number of ether oxygens (including phenoxy) is 1. The normalized spacial score (nSPS) is 10.5. The molecule has 0 radical (unpaired) electrons. The van der Waals surface area contributed by atoms with Gasteiger partial charge in [0.05, 0.1) is 10.0 Å². The van der Waals surface area contributed by atoms with Crippen molar-refractivity contribution >= 4 is 34.8 Å². The Hall–Kier alpha value is -0.930.